The fourth-order valence-electron chi connectivity index (χ4n) is 1.56. The van der Waals surface area contributed by atoms with Crippen molar-refractivity contribution in [2.75, 3.05) is 6.61 Å². The zero-order valence-corrected chi connectivity index (χ0v) is 10.8. The van der Waals surface area contributed by atoms with E-state index < -0.39 is 0 Å². The highest BCUT2D eigenvalue weighted by molar-refractivity contribution is 5.85. The van der Waals surface area contributed by atoms with E-state index in [1.807, 2.05) is 0 Å². The van der Waals surface area contributed by atoms with E-state index in [1.54, 1.807) is 0 Å². The molecule has 0 N–H and O–H groups in total. The minimum Gasteiger partial charge on any atom is -0.462 e. The molecule has 2 aromatic rings. The van der Waals surface area contributed by atoms with E-state index in [4.69, 9.17) is 0 Å². The Hall–Kier alpha value is -2.09. The van der Waals surface area contributed by atoms with E-state index in [-0.39, 0.29) is 5.97 Å². The molecule has 0 aliphatic heterocycles. The summed E-state index contributed by atoms with van der Waals surface area (Å²) in [6.45, 7) is 7.18. The van der Waals surface area contributed by atoms with Crippen molar-refractivity contribution < 1.29 is 9.53 Å². The number of aryl methyl sites for hydroxylation is 1. The van der Waals surface area contributed by atoms with Crippen LogP contribution in [-0.4, -0.2) is 12.6 Å². The van der Waals surface area contributed by atoms with Gasteiger partial charge in [-0.1, -0.05) is 55.1 Å². The third-order valence-electron chi connectivity index (χ3n) is 2.41. The Kier molecular flexibility index (Phi) is 5.65. The third kappa shape index (κ3) is 4.42. The number of carbonyl (C=O) groups is 1. The summed E-state index contributed by atoms with van der Waals surface area (Å²) in [6, 6.07) is 14.8. The molecule has 0 aromatic heterocycles. The van der Waals surface area contributed by atoms with Crippen molar-refractivity contribution in [1.82, 2.24) is 0 Å². The van der Waals surface area contributed by atoms with Crippen LogP contribution in [0.3, 0.4) is 0 Å². The van der Waals surface area contributed by atoms with Crippen LogP contribution in [0.25, 0.3) is 10.8 Å². The van der Waals surface area contributed by atoms with Gasteiger partial charge in [-0.25, -0.2) is 0 Å². The van der Waals surface area contributed by atoms with Crippen LogP contribution in [0, 0.1) is 6.92 Å². The standard InChI is InChI=1S/C11H10.C5H8O2/c1-9-5-4-7-10-6-2-3-8-11(9)10;1-3-4-7-5(2)6/h2-8H,1H3;3H,1,4H2,2H3. The summed E-state index contributed by atoms with van der Waals surface area (Å²) < 4.78 is 4.43. The molecule has 0 heterocycles. The lowest BCUT2D eigenvalue weighted by Gasteiger charge is -1.98. The van der Waals surface area contributed by atoms with Crippen LogP contribution >= 0.6 is 0 Å². The second kappa shape index (κ2) is 7.28. The van der Waals surface area contributed by atoms with E-state index in [0.29, 0.717) is 6.61 Å². The molecule has 0 amide bonds. The summed E-state index contributed by atoms with van der Waals surface area (Å²) in [6.07, 6.45) is 1.53. The molecule has 0 spiro atoms. The Morgan fingerprint density at radius 2 is 1.89 bits per heavy atom. The normalized spacial score (nSPS) is 9.22. The largest absolute Gasteiger partial charge is 0.462 e. The summed E-state index contributed by atoms with van der Waals surface area (Å²) in [7, 11) is 0. The minimum absolute atomic E-state index is 0.264. The highest BCUT2D eigenvalue weighted by Gasteiger charge is 1.92. The first kappa shape index (κ1) is 14.0. The zero-order chi connectivity index (χ0) is 13.4. The van der Waals surface area contributed by atoms with Gasteiger partial charge in [0.25, 0.3) is 0 Å². The Labute approximate surface area is 108 Å². The number of benzene rings is 2. The van der Waals surface area contributed by atoms with Crippen LogP contribution in [0.15, 0.2) is 55.1 Å². The summed E-state index contributed by atoms with van der Waals surface area (Å²) >= 11 is 0. The molecule has 0 aliphatic rings. The highest BCUT2D eigenvalue weighted by Crippen LogP contribution is 2.16. The average Bonchev–Trinajstić information content (AvgIpc) is 2.38. The van der Waals surface area contributed by atoms with Crippen molar-refractivity contribution in [3.05, 3.63) is 60.7 Å². The number of fused-ring (bicyclic) bond motifs is 1. The fourth-order valence-corrected chi connectivity index (χ4v) is 1.56. The first-order chi connectivity index (χ1) is 8.65. The monoisotopic (exact) mass is 242 g/mol. The van der Waals surface area contributed by atoms with Gasteiger partial charge in [0.2, 0.25) is 0 Å². The van der Waals surface area contributed by atoms with Gasteiger partial charge in [-0.05, 0) is 23.3 Å². The molecule has 94 valence electrons. The first-order valence-corrected chi connectivity index (χ1v) is 5.83. The molecule has 0 fully saturated rings. The van der Waals surface area contributed by atoms with Gasteiger partial charge in [0.05, 0.1) is 0 Å². The summed E-state index contributed by atoms with van der Waals surface area (Å²) in [5.41, 5.74) is 1.35. The molecule has 0 radical (unpaired) electrons. The fraction of sp³-hybridized carbons (Fsp3) is 0.188. The minimum atomic E-state index is -0.264. The van der Waals surface area contributed by atoms with Crippen molar-refractivity contribution in [2.45, 2.75) is 13.8 Å². The molecule has 0 unspecified atom stereocenters. The molecule has 2 heteroatoms. The number of rotatable bonds is 2. The summed E-state index contributed by atoms with van der Waals surface area (Å²) in [5.74, 6) is -0.264. The van der Waals surface area contributed by atoms with Crippen molar-refractivity contribution in [3.8, 4) is 0 Å². The number of ether oxygens (including phenoxy) is 1. The van der Waals surface area contributed by atoms with Gasteiger partial charge in [-0.2, -0.15) is 0 Å². The zero-order valence-electron chi connectivity index (χ0n) is 10.8. The van der Waals surface area contributed by atoms with Crippen LogP contribution < -0.4 is 0 Å². The number of carbonyl (C=O) groups excluding carboxylic acids is 1. The Balaban J connectivity index is 0.000000203. The van der Waals surface area contributed by atoms with Crippen LogP contribution in [0.5, 0.6) is 0 Å². The molecule has 0 atom stereocenters. The molecule has 2 aromatic carbocycles. The van der Waals surface area contributed by atoms with Gasteiger partial charge in [-0.15, -0.1) is 0 Å². The lowest BCUT2D eigenvalue weighted by molar-refractivity contribution is -0.139. The molecule has 2 nitrogen and oxygen atoms in total. The van der Waals surface area contributed by atoms with Gasteiger partial charge < -0.3 is 4.74 Å². The maximum absolute atomic E-state index is 9.93. The van der Waals surface area contributed by atoms with Gasteiger partial charge in [0, 0.05) is 6.92 Å². The van der Waals surface area contributed by atoms with E-state index >= 15 is 0 Å². The van der Waals surface area contributed by atoms with Crippen molar-refractivity contribution in [1.29, 1.82) is 0 Å². The molecule has 18 heavy (non-hydrogen) atoms. The van der Waals surface area contributed by atoms with Gasteiger partial charge in [-0.3, -0.25) is 4.79 Å². The number of esters is 1. The predicted molar refractivity (Wildman–Crippen MR) is 75.5 cm³/mol. The van der Waals surface area contributed by atoms with Crippen LogP contribution in [0.2, 0.25) is 0 Å². The van der Waals surface area contributed by atoms with Gasteiger partial charge in [0.1, 0.15) is 6.61 Å². The summed E-state index contributed by atoms with van der Waals surface area (Å²) in [5, 5.41) is 2.68. The maximum Gasteiger partial charge on any atom is 0.302 e. The third-order valence-corrected chi connectivity index (χ3v) is 2.41. The van der Waals surface area contributed by atoms with Crippen molar-refractivity contribution in [3.63, 3.8) is 0 Å². The second-order valence-electron chi connectivity index (χ2n) is 3.89. The lowest BCUT2D eigenvalue weighted by atomic mass is 10.1. The van der Waals surface area contributed by atoms with E-state index in [2.05, 4.69) is 60.7 Å². The Morgan fingerprint density at radius 1 is 1.22 bits per heavy atom. The molecule has 0 saturated heterocycles. The Bertz CT molecular complexity index is 524. The van der Waals surface area contributed by atoms with Gasteiger partial charge >= 0.3 is 5.97 Å². The van der Waals surface area contributed by atoms with Gasteiger partial charge in [0.15, 0.2) is 0 Å². The topological polar surface area (TPSA) is 26.3 Å². The number of hydrogen-bond acceptors (Lipinski definition) is 2. The second-order valence-corrected chi connectivity index (χ2v) is 3.89. The molecule has 0 bridgehead atoms. The lowest BCUT2D eigenvalue weighted by Crippen LogP contribution is -1.96. The number of hydrogen-bond donors (Lipinski definition) is 0. The average molecular weight is 242 g/mol. The van der Waals surface area contributed by atoms with E-state index in [9.17, 15) is 4.79 Å². The van der Waals surface area contributed by atoms with Crippen molar-refractivity contribution in [2.24, 2.45) is 0 Å². The molecule has 0 saturated carbocycles. The SMILES string of the molecule is C=CCOC(C)=O.Cc1cccc2ccccc12. The quantitative estimate of drug-likeness (QED) is 0.590. The molecular formula is C16H18O2. The molecule has 2 rings (SSSR count). The predicted octanol–water partition coefficient (Wildman–Crippen LogP) is 3.88. The Morgan fingerprint density at radius 3 is 2.44 bits per heavy atom. The van der Waals surface area contributed by atoms with Crippen LogP contribution in [0.1, 0.15) is 12.5 Å². The smallest absolute Gasteiger partial charge is 0.302 e. The van der Waals surface area contributed by atoms with Crippen LogP contribution in [-0.2, 0) is 9.53 Å². The van der Waals surface area contributed by atoms with Crippen molar-refractivity contribution >= 4 is 16.7 Å². The van der Waals surface area contributed by atoms with E-state index in [0.717, 1.165) is 0 Å². The van der Waals surface area contributed by atoms with E-state index in [1.165, 1.54) is 29.3 Å². The van der Waals surface area contributed by atoms with Crippen LogP contribution in [0.4, 0.5) is 0 Å². The highest BCUT2D eigenvalue weighted by atomic mass is 16.5. The molecule has 0 aliphatic carbocycles. The molecular weight excluding hydrogens is 224 g/mol. The maximum atomic E-state index is 9.93. The first-order valence-electron chi connectivity index (χ1n) is 5.83. The summed E-state index contributed by atoms with van der Waals surface area (Å²) in [4.78, 5) is 9.93.